The first-order valence-corrected chi connectivity index (χ1v) is 4.26. The summed E-state index contributed by atoms with van der Waals surface area (Å²) in [5.74, 6) is 0. The van der Waals surface area contributed by atoms with Crippen molar-refractivity contribution in [1.82, 2.24) is 5.32 Å². The molecule has 0 aliphatic carbocycles. The van der Waals surface area contributed by atoms with Crippen LogP contribution in [0.3, 0.4) is 0 Å². The molecule has 14 heavy (non-hydrogen) atoms. The number of rotatable bonds is 2. The Labute approximate surface area is 80.9 Å². The molecule has 1 rings (SSSR count). The van der Waals surface area contributed by atoms with Crippen LogP contribution in [0.15, 0.2) is 18.2 Å². The Morgan fingerprint density at radius 2 is 1.93 bits per heavy atom. The third-order valence-electron chi connectivity index (χ3n) is 1.94. The van der Waals surface area contributed by atoms with Crippen molar-refractivity contribution in [2.75, 3.05) is 7.05 Å². The van der Waals surface area contributed by atoms with Gasteiger partial charge in [-0.05, 0) is 25.6 Å². The second kappa shape index (κ2) is 4.00. The molecule has 0 saturated heterocycles. The monoisotopic (exact) mass is 203 g/mol. The van der Waals surface area contributed by atoms with E-state index in [1.54, 1.807) is 20.0 Å². The van der Waals surface area contributed by atoms with Crippen LogP contribution in [0.4, 0.5) is 13.2 Å². The Balaban J connectivity index is 3.16. The summed E-state index contributed by atoms with van der Waals surface area (Å²) in [6, 6.07) is 4.36. The molecule has 0 amide bonds. The zero-order chi connectivity index (χ0) is 10.8. The molecule has 0 fully saturated rings. The third kappa shape index (κ3) is 2.48. The molecule has 0 atom stereocenters. The van der Waals surface area contributed by atoms with Gasteiger partial charge in [0.2, 0.25) is 0 Å². The van der Waals surface area contributed by atoms with Crippen molar-refractivity contribution in [3.63, 3.8) is 0 Å². The maximum atomic E-state index is 12.5. The number of nitrogens with one attached hydrogen (secondary N) is 1. The number of halogens is 3. The second-order valence-electron chi connectivity index (χ2n) is 3.19. The molecule has 0 radical (unpaired) electrons. The number of benzene rings is 1. The molecule has 0 aliphatic rings. The van der Waals surface area contributed by atoms with E-state index in [1.807, 2.05) is 0 Å². The van der Waals surface area contributed by atoms with Crippen molar-refractivity contribution in [2.24, 2.45) is 0 Å². The van der Waals surface area contributed by atoms with Gasteiger partial charge in [-0.3, -0.25) is 0 Å². The minimum absolute atomic E-state index is 0.231. The summed E-state index contributed by atoms with van der Waals surface area (Å²) in [6.07, 6.45) is -4.27. The fourth-order valence-electron chi connectivity index (χ4n) is 1.30. The van der Waals surface area contributed by atoms with Crippen LogP contribution in [0.5, 0.6) is 0 Å². The van der Waals surface area contributed by atoms with E-state index in [1.165, 1.54) is 12.1 Å². The molecule has 4 heteroatoms. The predicted octanol–water partition coefficient (Wildman–Crippen LogP) is 2.73. The van der Waals surface area contributed by atoms with Crippen molar-refractivity contribution < 1.29 is 13.2 Å². The predicted molar refractivity (Wildman–Crippen MR) is 48.9 cm³/mol. The van der Waals surface area contributed by atoms with Gasteiger partial charge < -0.3 is 5.32 Å². The lowest BCUT2D eigenvalue weighted by Crippen LogP contribution is -2.14. The quantitative estimate of drug-likeness (QED) is 0.779. The molecule has 1 N–H and O–H groups in total. The van der Waals surface area contributed by atoms with Gasteiger partial charge >= 0.3 is 6.18 Å². The summed E-state index contributed by atoms with van der Waals surface area (Å²) in [5.41, 5.74) is 0.356. The molecular formula is C10H12F3N. The van der Waals surface area contributed by atoms with Gasteiger partial charge in [-0.15, -0.1) is 0 Å². The average Bonchev–Trinajstić information content (AvgIpc) is 2.07. The van der Waals surface area contributed by atoms with Gasteiger partial charge in [0.05, 0.1) is 5.56 Å². The summed E-state index contributed by atoms with van der Waals surface area (Å²) in [6.45, 7) is 1.88. The van der Waals surface area contributed by atoms with E-state index in [-0.39, 0.29) is 12.1 Å². The first-order valence-electron chi connectivity index (χ1n) is 4.26. The molecule has 0 saturated carbocycles. The highest BCUT2D eigenvalue weighted by Crippen LogP contribution is 2.32. The van der Waals surface area contributed by atoms with E-state index < -0.39 is 11.7 Å². The number of hydrogen-bond acceptors (Lipinski definition) is 1. The zero-order valence-electron chi connectivity index (χ0n) is 8.07. The fourth-order valence-corrected chi connectivity index (χ4v) is 1.30. The molecule has 1 aromatic rings. The summed E-state index contributed by atoms with van der Waals surface area (Å²) in [7, 11) is 1.63. The van der Waals surface area contributed by atoms with Gasteiger partial charge in [-0.2, -0.15) is 13.2 Å². The smallest absolute Gasteiger partial charge is 0.316 e. The average molecular weight is 203 g/mol. The summed E-state index contributed by atoms with van der Waals surface area (Å²) < 4.78 is 37.6. The Kier molecular flexibility index (Phi) is 3.16. The molecular weight excluding hydrogens is 191 g/mol. The van der Waals surface area contributed by atoms with Crippen molar-refractivity contribution in [3.8, 4) is 0 Å². The van der Waals surface area contributed by atoms with Gasteiger partial charge in [-0.1, -0.05) is 17.7 Å². The first-order chi connectivity index (χ1) is 6.45. The van der Waals surface area contributed by atoms with Crippen LogP contribution in [0, 0.1) is 6.92 Å². The van der Waals surface area contributed by atoms with Gasteiger partial charge in [0.1, 0.15) is 0 Å². The molecule has 0 unspecified atom stereocenters. The van der Waals surface area contributed by atoms with Crippen molar-refractivity contribution in [1.29, 1.82) is 0 Å². The number of alkyl halides is 3. The van der Waals surface area contributed by atoms with Crippen LogP contribution >= 0.6 is 0 Å². The van der Waals surface area contributed by atoms with Gasteiger partial charge in [-0.25, -0.2) is 0 Å². The number of hydrogen-bond donors (Lipinski definition) is 1. The fraction of sp³-hybridized carbons (Fsp3) is 0.400. The van der Waals surface area contributed by atoms with E-state index in [9.17, 15) is 13.2 Å². The first kappa shape index (κ1) is 11.0. The molecule has 1 aromatic carbocycles. The maximum absolute atomic E-state index is 12.5. The van der Waals surface area contributed by atoms with Gasteiger partial charge in [0, 0.05) is 6.54 Å². The molecule has 0 spiro atoms. The van der Waals surface area contributed by atoms with Crippen molar-refractivity contribution >= 4 is 0 Å². The van der Waals surface area contributed by atoms with Crippen LogP contribution in [-0.4, -0.2) is 7.05 Å². The highest BCUT2D eigenvalue weighted by molar-refractivity contribution is 5.33. The Bertz CT molecular complexity index is 318. The van der Waals surface area contributed by atoms with Crippen LogP contribution in [0.25, 0.3) is 0 Å². The molecule has 0 heterocycles. The van der Waals surface area contributed by atoms with E-state index >= 15 is 0 Å². The standard InChI is InChI=1S/C10H12F3N/c1-7-3-4-8(6-14-2)9(5-7)10(11,12)13/h3-5,14H,6H2,1-2H3. The lowest BCUT2D eigenvalue weighted by atomic mass is 10.0. The SMILES string of the molecule is CNCc1ccc(C)cc1C(F)(F)F. The molecule has 0 bridgehead atoms. The maximum Gasteiger partial charge on any atom is 0.416 e. The molecule has 1 nitrogen and oxygen atoms in total. The molecule has 78 valence electrons. The van der Waals surface area contributed by atoms with E-state index in [0.29, 0.717) is 5.56 Å². The zero-order valence-corrected chi connectivity index (χ0v) is 8.07. The Morgan fingerprint density at radius 1 is 1.29 bits per heavy atom. The lowest BCUT2D eigenvalue weighted by Gasteiger charge is -2.13. The number of aryl methyl sites for hydroxylation is 1. The highest BCUT2D eigenvalue weighted by Gasteiger charge is 2.32. The Morgan fingerprint density at radius 3 is 2.43 bits per heavy atom. The van der Waals surface area contributed by atoms with Crippen LogP contribution in [0.2, 0.25) is 0 Å². The highest BCUT2D eigenvalue weighted by atomic mass is 19.4. The second-order valence-corrected chi connectivity index (χ2v) is 3.19. The van der Waals surface area contributed by atoms with Crippen LogP contribution in [0.1, 0.15) is 16.7 Å². The minimum Gasteiger partial charge on any atom is -0.316 e. The van der Waals surface area contributed by atoms with E-state index in [2.05, 4.69) is 5.32 Å². The summed E-state index contributed by atoms with van der Waals surface area (Å²) in [5, 5.41) is 2.72. The largest absolute Gasteiger partial charge is 0.416 e. The third-order valence-corrected chi connectivity index (χ3v) is 1.94. The molecule has 0 aliphatic heterocycles. The summed E-state index contributed by atoms with van der Waals surface area (Å²) in [4.78, 5) is 0. The van der Waals surface area contributed by atoms with Crippen LogP contribution < -0.4 is 5.32 Å². The van der Waals surface area contributed by atoms with E-state index in [0.717, 1.165) is 0 Å². The minimum atomic E-state index is -4.27. The van der Waals surface area contributed by atoms with Gasteiger partial charge in [0.25, 0.3) is 0 Å². The Hall–Kier alpha value is -1.03. The molecule has 0 aromatic heterocycles. The van der Waals surface area contributed by atoms with Crippen LogP contribution in [-0.2, 0) is 12.7 Å². The van der Waals surface area contributed by atoms with Crippen molar-refractivity contribution in [3.05, 3.63) is 34.9 Å². The topological polar surface area (TPSA) is 12.0 Å². The van der Waals surface area contributed by atoms with E-state index in [4.69, 9.17) is 0 Å². The van der Waals surface area contributed by atoms with Gasteiger partial charge in [0.15, 0.2) is 0 Å². The summed E-state index contributed by atoms with van der Waals surface area (Å²) >= 11 is 0. The normalized spacial score (nSPS) is 11.8. The van der Waals surface area contributed by atoms with Crippen molar-refractivity contribution in [2.45, 2.75) is 19.6 Å². The lowest BCUT2D eigenvalue weighted by molar-refractivity contribution is -0.138.